The Morgan fingerprint density at radius 3 is 2.65 bits per heavy atom. The highest BCUT2D eigenvalue weighted by Gasteiger charge is 2.35. The van der Waals surface area contributed by atoms with Gasteiger partial charge in [0.2, 0.25) is 5.91 Å². The molecule has 124 valence electrons. The van der Waals surface area contributed by atoms with E-state index in [2.05, 4.69) is 41.5 Å². The van der Waals surface area contributed by atoms with Crippen LogP contribution in [0.5, 0.6) is 0 Å². The van der Waals surface area contributed by atoms with Crippen molar-refractivity contribution in [1.29, 1.82) is 0 Å². The van der Waals surface area contributed by atoms with E-state index in [0.717, 1.165) is 19.5 Å². The molecule has 1 amide bonds. The Morgan fingerprint density at radius 2 is 1.91 bits per heavy atom. The van der Waals surface area contributed by atoms with Crippen molar-refractivity contribution < 1.29 is 4.79 Å². The van der Waals surface area contributed by atoms with Gasteiger partial charge in [-0.3, -0.25) is 9.69 Å². The quantitative estimate of drug-likeness (QED) is 0.924. The van der Waals surface area contributed by atoms with Crippen LogP contribution in [0.2, 0.25) is 0 Å². The third-order valence-corrected chi connectivity index (χ3v) is 5.94. The summed E-state index contributed by atoms with van der Waals surface area (Å²) in [5, 5.41) is 3.68. The number of benzene rings is 1. The summed E-state index contributed by atoms with van der Waals surface area (Å²) in [6.07, 6.45) is 6.01. The molecule has 0 radical (unpaired) electrons. The van der Waals surface area contributed by atoms with Gasteiger partial charge in [0.15, 0.2) is 0 Å². The number of carbonyl (C=O) groups is 1. The number of hydrogen-bond donors (Lipinski definition) is 1. The Labute approximate surface area is 138 Å². The molecule has 0 saturated carbocycles. The maximum absolute atomic E-state index is 12.7. The molecule has 3 aliphatic heterocycles. The van der Waals surface area contributed by atoms with Gasteiger partial charge in [0.1, 0.15) is 0 Å². The highest BCUT2D eigenvalue weighted by molar-refractivity contribution is 5.78. The molecule has 0 aliphatic carbocycles. The Hall–Kier alpha value is -1.39. The van der Waals surface area contributed by atoms with Crippen LogP contribution < -0.4 is 5.32 Å². The average Bonchev–Trinajstić information content (AvgIpc) is 2.92. The van der Waals surface area contributed by atoms with Gasteiger partial charge < -0.3 is 10.2 Å². The van der Waals surface area contributed by atoms with E-state index in [9.17, 15) is 4.79 Å². The fourth-order valence-electron chi connectivity index (χ4n) is 4.54. The molecular weight excluding hydrogens is 286 g/mol. The van der Waals surface area contributed by atoms with Crippen LogP contribution >= 0.6 is 0 Å². The minimum absolute atomic E-state index is 0.285. The minimum Gasteiger partial charge on any atom is -0.337 e. The van der Waals surface area contributed by atoms with E-state index < -0.39 is 0 Å². The van der Waals surface area contributed by atoms with E-state index in [1.54, 1.807) is 0 Å². The molecule has 2 saturated heterocycles. The number of likely N-dealkylation sites (N-methyl/N-ethyl adjacent to an activating group) is 1. The van der Waals surface area contributed by atoms with Gasteiger partial charge in [-0.25, -0.2) is 0 Å². The van der Waals surface area contributed by atoms with Gasteiger partial charge in [-0.2, -0.15) is 0 Å². The van der Waals surface area contributed by atoms with Crippen molar-refractivity contribution in [3.05, 3.63) is 35.4 Å². The molecule has 1 N–H and O–H groups in total. The second-order valence-electron chi connectivity index (χ2n) is 7.51. The summed E-state index contributed by atoms with van der Waals surface area (Å²) in [7, 11) is 2.13. The SMILES string of the molecule is CN(CC(=O)N1CCc2ccccc2C1)C1CC2CCC(C1)N2. The largest absolute Gasteiger partial charge is 0.337 e. The van der Waals surface area contributed by atoms with Crippen molar-refractivity contribution >= 4 is 5.91 Å². The smallest absolute Gasteiger partial charge is 0.237 e. The topological polar surface area (TPSA) is 35.6 Å². The molecule has 4 rings (SSSR count). The molecule has 3 heterocycles. The summed E-state index contributed by atoms with van der Waals surface area (Å²) >= 11 is 0. The Balaban J connectivity index is 1.35. The zero-order chi connectivity index (χ0) is 15.8. The van der Waals surface area contributed by atoms with Crippen LogP contribution in [0, 0.1) is 0 Å². The molecule has 1 aromatic carbocycles. The fourth-order valence-corrected chi connectivity index (χ4v) is 4.54. The second-order valence-corrected chi connectivity index (χ2v) is 7.51. The van der Waals surface area contributed by atoms with Crippen LogP contribution in [-0.4, -0.2) is 54.0 Å². The number of nitrogens with one attached hydrogen (secondary N) is 1. The summed E-state index contributed by atoms with van der Waals surface area (Å²) in [4.78, 5) is 17.0. The Kier molecular flexibility index (Phi) is 4.12. The predicted octanol–water partition coefficient (Wildman–Crippen LogP) is 1.79. The van der Waals surface area contributed by atoms with E-state index >= 15 is 0 Å². The van der Waals surface area contributed by atoms with Crippen LogP contribution in [0.1, 0.15) is 36.8 Å². The van der Waals surface area contributed by atoms with Gasteiger partial charge in [0, 0.05) is 31.2 Å². The standard InChI is InChI=1S/C19H27N3O/c1-21(18-10-16-6-7-17(11-18)20-16)13-19(23)22-9-8-14-4-2-3-5-15(14)12-22/h2-5,16-18,20H,6-13H2,1H3. The third kappa shape index (κ3) is 3.15. The van der Waals surface area contributed by atoms with Gasteiger partial charge in [-0.1, -0.05) is 24.3 Å². The van der Waals surface area contributed by atoms with E-state index in [-0.39, 0.29) is 5.91 Å². The lowest BCUT2D eigenvalue weighted by molar-refractivity contribution is -0.133. The van der Waals surface area contributed by atoms with Crippen molar-refractivity contribution in [1.82, 2.24) is 15.1 Å². The van der Waals surface area contributed by atoms with Crippen LogP contribution in [-0.2, 0) is 17.8 Å². The number of rotatable bonds is 3. The second kappa shape index (κ2) is 6.25. The number of carbonyl (C=O) groups excluding carboxylic acids is 1. The molecule has 0 aromatic heterocycles. The lowest BCUT2D eigenvalue weighted by Crippen LogP contribution is -2.50. The zero-order valence-electron chi connectivity index (χ0n) is 14.0. The molecule has 4 nitrogen and oxygen atoms in total. The monoisotopic (exact) mass is 313 g/mol. The van der Waals surface area contributed by atoms with E-state index in [1.165, 1.54) is 36.8 Å². The summed E-state index contributed by atoms with van der Waals surface area (Å²) in [5.41, 5.74) is 2.72. The average molecular weight is 313 g/mol. The minimum atomic E-state index is 0.285. The Bertz CT molecular complexity index is 576. The van der Waals surface area contributed by atoms with Gasteiger partial charge in [-0.15, -0.1) is 0 Å². The summed E-state index contributed by atoms with van der Waals surface area (Å²) in [5.74, 6) is 0.285. The molecule has 1 aromatic rings. The fraction of sp³-hybridized carbons (Fsp3) is 0.632. The number of piperidine rings is 1. The third-order valence-electron chi connectivity index (χ3n) is 5.94. The molecular formula is C19H27N3O. The molecule has 4 heteroatoms. The molecule has 2 fully saturated rings. The molecule has 2 atom stereocenters. The molecule has 2 unspecified atom stereocenters. The molecule has 0 spiro atoms. The van der Waals surface area contributed by atoms with Crippen LogP contribution in [0.25, 0.3) is 0 Å². The van der Waals surface area contributed by atoms with E-state index in [0.29, 0.717) is 24.7 Å². The van der Waals surface area contributed by atoms with Crippen LogP contribution in [0.3, 0.4) is 0 Å². The first-order valence-corrected chi connectivity index (χ1v) is 9.00. The van der Waals surface area contributed by atoms with Crippen molar-refractivity contribution in [2.24, 2.45) is 0 Å². The number of amides is 1. The van der Waals surface area contributed by atoms with Crippen molar-refractivity contribution in [2.45, 2.75) is 56.8 Å². The van der Waals surface area contributed by atoms with E-state index in [1.807, 2.05) is 4.90 Å². The van der Waals surface area contributed by atoms with Crippen LogP contribution in [0.15, 0.2) is 24.3 Å². The first-order valence-electron chi connectivity index (χ1n) is 9.00. The molecule has 23 heavy (non-hydrogen) atoms. The summed E-state index contributed by atoms with van der Waals surface area (Å²) in [6.45, 7) is 2.20. The van der Waals surface area contributed by atoms with Crippen molar-refractivity contribution in [3.8, 4) is 0 Å². The lowest BCUT2D eigenvalue weighted by Gasteiger charge is -2.37. The van der Waals surface area contributed by atoms with Gasteiger partial charge >= 0.3 is 0 Å². The van der Waals surface area contributed by atoms with Crippen LogP contribution in [0.4, 0.5) is 0 Å². The van der Waals surface area contributed by atoms with Gasteiger partial charge in [0.05, 0.1) is 6.54 Å². The normalized spacial score (nSPS) is 29.7. The Morgan fingerprint density at radius 1 is 1.22 bits per heavy atom. The maximum Gasteiger partial charge on any atom is 0.237 e. The number of nitrogens with zero attached hydrogens (tertiary/aromatic N) is 2. The lowest BCUT2D eigenvalue weighted by atomic mass is 9.98. The maximum atomic E-state index is 12.7. The van der Waals surface area contributed by atoms with E-state index in [4.69, 9.17) is 0 Å². The van der Waals surface area contributed by atoms with Gasteiger partial charge in [-0.05, 0) is 50.3 Å². The first kappa shape index (κ1) is 15.2. The zero-order valence-corrected chi connectivity index (χ0v) is 14.0. The number of hydrogen-bond acceptors (Lipinski definition) is 3. The summed E-state index contributed by atoms with van der Waals surface area (Å²) < 4.78 is 0. The first-order chi connectivity index (χ1) is 11.2. The predicted molar refractivity (Wildman–Crippen MR) is 91.2 cm³/mol. The number of fused-ring (bicyclic) bond motifs is 3. The van der Waals surface area contributed by atoms with Crippen molar-refractivity contribution in [2.75, 3.05) is 20.1 Å². The summed E-state index contributed by atoms with van der Waals surface area (Å²) in [6, 6.07) is 10.4. The highest BCUT2D eigenvalue weighted by Crippen LogP contribution is 2.29. The molecule has 3 aliphatic rings. The van der Waals surface area contributed by atoms with Gasteiger partial charge in [0.25, 0.3) is 0 Å². The highest BCUT2D eigenvalue weighted by atomic mass is 16.2. The molecule has 2 bridgehead atoms. The van der Waals surface area contributed by atoms with Crippen molar-refractivity contribution in [3.63, 3.8) is 0 Å².